The van der Waals surface area contributed by atoms with E-state index >= 15 is 0 Å². The lowest BCUT2D eigenvalue weighted by molar-refractivity contribution is -0.0892. The lowest BCUT2D eigenvalue weighted by Gasteiger charge is -2.47. The Morgan fingerprint density at radius 1 is 1.05 bits per heavy atom. The van der Waals surface area contributed by atoms with Gasteiger partial charge in [0.15, 0.2) is 0 Å². The molecular weight excluding hydrogens is 248 g/mol. The van der Waals surface area contributed by atoms with Gasteiger partial charge in [-0.25, -0.2) is 0 Å². The standard InChI is InChI=1S/C17H34N2O/c1-6-9-17(4,5)19-10-7-16(8-11-19)18-12-14(2)20-15(3)13-18/h14-16H,6-13H2,1-5H3/t14-,15+. The molecule has 2 heterocycles. The fourth-order valence-electron chi connectivity index (χ4n) is 4.12. The van der Waals surface area contributed by atoms with Crippen LogP contribution in [0.1, 0.15) is 60.3 Å². The Labute approximate surface area is 125 Å². The van der Waals surface area contributed by atoms with Crippen molar-refractivity contribution in [3.8, 4) is 0 Å². The van der Waals surface area contributed by atoms with Gasteiger partial charge < -0.3 is 4.74 Å². The monoisotopic (exact) mass is 282 g/mol. The Kier molecular flexibility index (Phi) is 5.49. The largest absolute Gasteiger partial charge is 0.373 e. The van der Waals surface area contributed by atoms with Crippen LogP contribution in [0.2, 0.25) is 0 Å². The molecule has 0 aliphatic carbocycles. The van der Waals surface area contributed by atoms with Gasteiger partial charge in [0.1, 0.15) is 0 Å². The number of ether oxygens (including phenoxy) is 1. The summed E-state index contributed by atoms with van der Waals surface area (Å²) in [6.07, 6.45) is 6.04. The molecule has 2 atom stereocenters. The van der Waals surface area contributed by atoms with Gasteiger partial charge in [-0.1, -0.05) is 13.3 Å². The highest BCUT2D eigenvalue weighted by atomic mass is 16.5. The molecule has 2 saturated heterocycles. The Bertz CT molecular complexity index is 287. The van der Waals surface area contributed by atoms with Crippen molar-refractivity contribution in [3.05, 3.63) is 0 Å². The van der Waals surface area contributed by atoms with Crippen LogP contribution in [0.25, 0.3) is 0 Å². The second kappa shape index (κ2) is 6.76. The first kappa shape index (κ1) is 16.3. The summed E-state index contributed by atoms with van der Waals surface area (Å²) in [4.78, 5) is 5.39. The number of hydrogen-bond donors (Lipinski definition) is 0. The van der Waals surface area contributed by atoms with E-state index in [4.69, 9.17) is 4.74 Å². The normalized spacial score (nSPS) is 31.6. The molecular formula is C17H34N2O. The van der Waals surface area contributed by atoms with Crippen molar-refractivity contribution >= 4 is 0 Å². The third-order valence-electron chi connectivity index (χ3n) is 5.15. The molecule has 0 spiro atoms. The van der Waals surface area contributed by atoms with Gasteiger partial charge in [0.25, 0.3) is 0 Å². The molecule has 0 unspecified atom stereocenters. The van der Waals surface area contributed by atoms with E-state index in [2.05, 4.69) is 44.4 Å². The molecule has 0 N–H and O–H groups in total. The van der Waals surface area contributed by atoms with Crippen molar-refractivity contribution in [2.24, 2.45) is 0 Å². The summed E-state index contributed by atoms with van der Waals surface area (Å²) in [5.41, 5.74) is 0.380. The average Bonchev–Trinajstić information content (AvgIpc) is 2.38. The zero-order valence-corrected chi connectivity index (χ0v) is 14.2. The van der Waals surface area contributed by atoms with Crippen molar-refractivity contribution < 1.29 is 4.74 Å². The molecule has 0 amide bonds. The van der Waals surface area contributed by atoms with Gasteiger partial charge in [0, 0.05) is 37.8 Å². The highest BCUT2D eigenvalue weighted by Crippen LogP contribution is 2.28. The Morgan fingerprint density at radius 3 is 2.10 bits per heavy atom. The summed E-state index contributed by atoms with van der Waals surface area (Å²) in [7, 11) is 0. The topological polar surface area (TPSA) is 15.7 Å². The molecule has 0 aromatic rings. The van der Waals surface area contributed by atoms with Crippen molar-refractivity contribution in [2.45, 2.75) is 84.1 Å². The van der Waals surface area contributed by atoms with Crippen LogP contribution in [0.5, 0.6) is 0 Å². The highest BCUT2D eigenvalue weighted by molar-refractivity contribution is 4.89. The Hall–Kier alpha value is -0.120. The van der Waals surface area contributed by atoms with Crippen LogP contribution in [-0.2, 0) is 4.74 Å². The number of morpholine rings is 1. The molecule has 3 heteroatoms. The quantitative estimate of drug-likeness (QED) is 0.788. The molecule has 0 aromatic carbocycles. The first-order valence-electron chi connectivity index (χ1n) is 8.57. The van der Waals surface area contributed by atoms with Crippen LogP contribution in [0, 0.1) is 0 Å². The van der Waals surface area contributed by atoms with Crippen LogP contribution >= 0.6 is 0 Å². The minimum Gasteiger partial charge on any atom is -0.373 e. The molecule has 2 rings (SSSR count). The Morgan fingerprint density at radius 2 is 1.60 bits per heavy atom. The fourth-order valence-corrected chi connectivity index (χ4v) is 4.12. The summed E-state index contributed by atoms with van der Waals surface area (Å²) in [5.74, 6) is 0. The van der Waals surface area contributed by atoms with Gasteiger partial charge in [0.2, 0.25) is 0 Å². The molecule has 0 bridgehead atoms. The third kappa shape index (κ3) is 3.96. The van der Waals surface area contributed by atoms with Crippen molar-refractivity contribution in [2.75, 3.05) is 26.2 Å². The molecule has 2 aliphatic rings. The zero-order valence-electron chi connectivity index (χ0n) is 14.2. The number of nitrogens with zero attached hydrogens (tertiary/aromatic N) is 2. The third-order valence-corrected chi connectivity index (χ3v) is 5.15. The molecule has 2 fully saturated rings. The lowest BCUT2D eigenvalue weighted by Crippen LogP contribution is -2.56. The van der Waals surface area contributed by atoms with Crippen LogP contribution < -0.4 is 0 Å². The molecule has 118 valence electrons. The van der Waals surface area contributed by atoms with Crippen LogP contribution in [-0.4, -0.2) is 59.8 Å². The van der Waals surface area contributed by atoms with E-state index in [1.807, 2.05) is 0 Å². The van der Waals surface area contributed by atoms with Gasteiger partial charge in [-0.05, 0) is 47.0 Å². The van der Waals surface area contributed by atoms with E-state index in [0.29, 0.717) is 17.7 Å². The van der Waals surface area contributed by atoms with Crippen LogP contribution in [0.3, 0.4) is 0 Å². The summed E-state index contributed by atoms with van der Waals surface area (Å²) >= 11 is 0. The number of likely N-dealkylation sites (tertiary alicyclic amines) is 1. The van der Waals surface area contributed by atoms with Gasteiger partial charge in [-0.2, -0.15) is 0 Å². The van der Waals surface area contributed by atoms with Gasteiger partial charge >= 0.3 is 0 Å². The van der Waals surface area contributed by atoms with E-state index in [0.717, 1.165) is 19.1 Å². The molecule has 0 radical (unpaired) electrons. The molecule has 3 nitrogen and oxygen atoms in total. The maximum absolute atomic E-state index is 5.86. The number of rotatable bonds is 4. The summed E-state index contributed by atoms with van der Waals surface area (Å²) in [5, 5.41) is 0. The Balaban J connectivity index is 1.85. The first-order chi connectivity index (χ1) is 9.42. The van der Waals surface area contributed by atoms with E-state index in [-0.39, 0.29) is 0 Å². The summed E-state index contributed by atoms with van der Waals surface area (Å²) in [6, 6.07) is 0.775. The summed E-state index contributed by atoms with van der Waals surface area (Å²) in [6.45, 7) is 16.3. The van der Waals surface area contributed by atoms with Crippen molar-refractivity contribution in [1.29, 1.82) is 0 Å². The predicted molar refractivity (Wildman–Crippen MR) is 85.2 cm³/mol. The lowest BCUT2D eigenvalue weighted by atomic mass is 9.91. The van der Waals surface area contributed by atoms with Crippen LogP contribution in [0.4, 0.5) is 0 Å². The number of hydrogen-bond acceptors (Lipinski definition) is 3. The smallest absolute Gasteiger partial charge is 0.0678 e. The van der Waals surface area contributed by atoms with E-state index in [1.165, 1.54) is 38.8 Å². The summed E-state index contributed by atoms with van der Waals surface area (Å²) < 4.78 is 5.86. The minimum atomic E-state index is 0.380. The fraction of sp³-hybridized carbons (Fsp3) is 1.00. The second-order valence-corrected chi connectivity index (χ2v) is 7.49. The van der Waals surface area contributed by atoms with Crippen molar-refractivity contribution in [3.63, 3.8) is 0 Å². The minimum absolute atomic E-state index is 0.380. The highest BCUT2D eigenvalue weighted by Gasteiger charge is 2.34. The van der Waals surface area contributed by atoms with Gasteiger partial charge in [0.05, 0.1) is 12.2 Å². The first-order valence-corrected chi connectivity index (χ1v) is 8.57. The van der Waals surface area contributed by atoms with Crippen LogP contribution in [0.15, 0.2) is 0 Å². The van der Waals surface area contributed by atoms with E-state index in [1.54, 1.807) is 0 Å². The molecule has 2 aliphatic heterocycles. The predicted octanol–water partition coefficient (Wildman–Crippen LogP) is 3.14. The SMILES string of the molecule is CCCC(C)(C)N1CCC(N2C[C@@H](C)O[C@@H](C)C2)CC1. The van der Waals surface area contributed by atoms with Gasteiger partial charge in [-0.15, -0.1) is 0 Å². The molecule has 0 aromatic heterocycles. The maximum Gasteiger partial charge on any atom is 0.0678 e. The zero-order chi connectivity index (χ0) is 14.8. The molecule has 0 saturated carbocycles. The average molecular weight is 282 g/mol. The second-order valence-electron chi connectivity index (χ2n) is 7.49. The number of piperidine rings is 1. The maximum atomic E-state index is 5.86. The molecule has 20 heavy (non-hydrogen) atoms. The van der Waals surface area contributed by atoms with Gasteiger partial charge in [-0.3, -0.25) is 9.80 Å². The van der Waals surface area contributed by atoms with E-state index < -0.39 is 0 Å². The van der Waals surface area contributed by atoms with E-state index in [9.17, 15) is 0 Å². The van der Waals surface area contributed by atoms with Crippen molar-refractivity contribution in [1.82, 2.24) is 9.80 Å².